The molecular formula is C11H17NO5. The van der Waals surface area contributed by atoms with E-state index < -0.39 is 29.6 Å². The SMILES string of the molecule is COC(=O)[C@@H]1C(=O)[C@H](C(=O)OC)[C@@H](C)N[C@H]1C. The van der Waals surface area contributed by atoms with E-state index in [4.69, 9.17) is 0 Å². The van der Waals surface area contributed by atoms with Crippen LogP contribution in [-0.4, -0.2) is 44.0 Å². The van der Waals surface area contributed by atoms with Crippen LogP contribution in [0, 0.1) is 11.8 Å². The van der Waals surface area contributed by atoms with Gasteiger partial charge in [0, 0.05) is 12.1 Å². The van der Waals surface area contributed by atoms with E-state index >= 15 is 0 Å². The number of ketones is 1. The first kappa shape index (κ1) is 13.6. The van der Waals surface area contributed by atoms with Crippen molar-refractivity contribution in [1.29, 1.82) is 0 Å². The molecule has 4 atom stereocenters. The Labute approximate surface area is 99.6 Å². The Hall–Kier alpha value is -1.43. The molecule has 1 saturated heterocycles. The molecule has 17 heavy (non-hydrogen) atoms. The van der Waals surface area contributed by atoms with E-state index in [0.29, 0.717) is 0 Å². The normalized spacial score (nSPS) is 33.1. The number of carbonyl (C=O) groups is 3. The van der Waals surface area contributed by atoms with Crippen LogP contribution < -0.4 is 5.32 Å². The summed E-state index contributed by atoms with van der Waals surface area (Å²) in [5.74, 6) is -3.62. The molecule has 6 heteroatoms. The van der Waals surface area contributed by atoms with Crippen LogP contribution >= 0.6 is 0 Å². The lowest BCUT2D eigenvalue weighted by molar-refractivity contribution is -0.159. The summed E-state index contributed by atoms with van der Waals surface area (Å²) in [6.45, 7) is 3.42. The quantitative estimate of drug-likeness (QED) is 0.521. The van der Waals surface area contributed by atoms with Crippen molar-refractivity contribution in [2.45, 2.75) is 25.9 Å². The molecule has 0 aliphatic carbocycles. The van der Waals surface area contributed by atoms with Crippen LogP contribution in [0.3, 0.4) is 0 Å². The minimum absolute atomic E-state index is 0.356. The number of piperidine rings is 1. The van der Waals surface area contributed by atoms with Gasteiger partial charge in [0.25, 0.3) is 0 Å². The van der Waals surface area contributed by atoms with E-state index in [2.05, 4.69) is 14.8 Å². The first-order valence-electron chi connectivity index (χ1n) is 5.39. The molecule has 0 bridgehead atoms. The highest BCUT2D eigenvalue weighted by atomic mass is 16.5. The summed E-state index contributed by atoms with van der Waals surface area (Å²) in [6, 6.07) is -0.711. The van der Waals surface area contributed by atoms with Crippen LogP contribution in [0.2, 0.25) is 0 Å². The Morgan fingerprint density at radius 2 is 1.35 bits per heavy atom. The van der Waals surface area contributed by atoms with E-state index in [1.807, 2.05) is 0 Å². The van der Waals surface area contributed by atoms with E-state index in [9.17, 15) is 14.4 Å². The van der Waals surface area contributed by atoms with E-state index in [0.717, 1.165) is 0 Å². The van der Waals surface area contributed by atoms with Crippen molar-refractivity contribution in [2.24, 2.45) is 11.8 Å². The van der Waals surface area contributed by atoms with Gasteiger partial charge in [-0.3, -0.25) is 14.4 Å². The van der Waals surface area contributed by atoms with Gasteiger partial charge in [0.15, 0.2) is 5.78 Å². The predicted molar refractivity (Wildman–Crippen MR) is 58.1 cm³/mol. The topological polar surface area (TPSA) is 81.7 Å². The van der Waals surface area contributed by atoms with Crippen molar-refractivity contribution < 1.29 is 23.9 Å². The zero-order chi connectivity index (χ0) is 13.2. The Bertz CT molecular complexity index is 311. The van der Waals surface area contributed by atoms with Crippen molar-refractivity contribution in [3.8, 4) is 0 Å². The molecule has 1 heterocycles. The summed E-state index contributed by atoms with van der Waals surface area (Å²) < 4.78 is 9.15. The number of hydrogen-bond donors (Lipinski definition) is 1. The number of ether oxygens (including phenoxy) is 2. The number of nitrogens with one attached hydrogen (secondary N) is 1. The highest BCUT2D eigenvalue weighted by Crippen LogP contribution is 2.24. The van der Waals surface area contributed by atoms with E-state index in [1.54, 1.807) is 13.8 Å². The van der Waals surface area contributed by atoms with Gasteiger partial charge in [0.05, 0.1) is 14.2 Å². The van der Waals surface area contributed by atoms with Gasteiger partial charge in [-0.2, -0.15) is 0 Å². The Morgan fingerprint density at radius 1 is 1.00 bits per heavy atom. The van der Waals surface area contributed by atoms with Gasteiger partial charge < -0.3 is 14.8 Å². The van der Waals surface area contributed by atoms with Gasteiger partial charge in [0.1, 0.15) is 11.8 Å². The molecular weight excluding hydrogens is 226 g/mol. The minimum atomic E-state index is -0.958. The zero-order valence-corrected chi connectivity index (χ0v) is 10.4. The van der Waals surface area contributed by atoms with Crippen molar-refractivity contribution in [2.75, 3.05) is 14.2 Å². The molecule has 0 saturated carbocycles. The second-order valence-corrected chi connectivity index (χ2v) is 4.15. The van der Waals surface area contributed by atoms with Crippen LogP contribution in [0.15, 0.2) is 0 Å². The molecule has 1 aliphatic heterocycles. The monoisotopic (exact) mass is 243 g/mol. The van der Waals surface area contributed by atoms with Crippen molar-refractivity contribution in [1.82, 2.24) is 5.32 Å². The Balaban J connectivity index is 2.99. The average molecular weight is 243 g/mol. The lowest BCUT2D eigenvalue weighted by Crippen LogP contribution is -2.59. The lowest BCUT2D eigenvalue weighted by atomic mass is 9.79. The standard InChI is InChI=1S/C11H17NO5/c1-5-7(10(14)16-3)9(13)8(6(2)12-5)11(15)17-4/h5-8,12H,1-4H3/t5-,6+,7-,8+. The maximum Gasteiger partial charge on any atom is 0.317 e. The van der Waals surface area contributed by atoms with Crippen molar-refractivity contribution in [3.05, 3.63) is 0 Å². The first-order chi connectivity index (χ1) is 7.93. The minimum Gasteiger partial charge on any atom is -0.468 e. The second kappa shape index (κ2) is 5.27. The molecule has 0 unspecified atom stereocenters. The highest BCUT2D eigenvalue weighted by molar-refractivity contribution is 6.10. The predicted octanol–water partition coefficient (Wildman–Crippen LogP) is -0.486. The molecule has 96 valence electrons. The number of carbonyl (C=O) groups excluding carboxylic acids is 3. The smallest absolute Gasteiger partial charge is 0.317 e. The third kappa shape index (κ3) is 2.46. The van der Waals surface area contributed by atoms with Crippen LogP contribution in [0.1, 0.15) is 13.8 Å². The number of Topliss-reactive ketones (excluding diaryl/α,β-unsaturated/α-hetero) is 1. The van der Waals surface area contributed by atoms with Gasteiger partial charge >= 0.3 is 11.9 Å². The number of hydrogen-bond acceptors (Lipinski definition) is 6. The zero-order valence-electron chi connectivity index (χ0n) is 10.4. The molecule has 0 amide bonds. The summed E-state index contributed by atoms with van der Waals surface area (Å²) >= 11 is 0. The van der Waals surface area contributed by atoms with Crippen LogP contribution in [0.25, 0.3) is 0 Å². The molecule has 0 radical (unpaired) electrons. The number of methoxy groups -OCH3 is 2. The average Bonchev–Trinajstić information content (AvgIpc) is 2.27. The molecule has 1 aliphatic rings. The molecule has 1 fully saturated rings. The highest BCUT2D eigenvalue weighted by Gasteiger charge is 2.48. The largest absolute Gasteiger partial charge is 0.468 e. The lowest BCUT2D eigenvalue weighted by Gasteiger charge is -2.35. The Morgan fingerprint density at radius 3 is 1.65 bits per heavy atom. The molecule has 1 N–H and O–H groups in total. The number of rotatable bonds is 2. The molecule has 0 aromatic carbocycles. The molecule has 0 aromatic rings. The van der Waals surface area contributed by atoms with Gasteiger partial charge in [0.2, 0.25) is 0 Å². The van der Waals surface area contributed by atoms with Gasteiger partial charge in [-0.15, -0.1) is 0 Å². The van der Waals surface area contributed by atoms with Crippen LogP contribution in [0.5, 0.6) is 0 Å². The van der Waals surface area contributed by atoms with E-state index in [1.165, 1.54) is 14.2 Å². The third-order valence-corrected chi connectivity index (χ3v) is 3.05. The van der Waals surface area contributed by atoms with Gasteiger partial charge in [-0.25, -0.2) is 0 Å². The summed E-state index contributed by atoms with van der Waals surface area (Å²) in [4.78, 5) is 35.1. The van der Waals surface area contributed by atoms with Crippen molar-refractivity contribution in [3.63, 3.8) is 0 Å². The summed E-state index contributed by atoms with van der Waals surface area (Å²) in [5, 5.41) is 3.02. The molecule has 1 rings (SSSR count). The van der Waals surface area contributed by atoms with Crippen molar-refractivity contribution >= 4 is 17.7 Å². The molecule has 0 aromatic heterocycles. The Kier molecular flexibility index (Phi) is 4.22. The first-order valence-corrected chi connectivity index (χ1v) is 5.39. The fourth-order valence-corrected chi connectivity index (χ4v) is 2.19. The van der Waals surface area contributed by atoms with Gasteiger partial charge in [-0.05, 0) is 13.8 Å². The fraction of sp³-hybridized carbons (Fsp3) is 0.727. The molecule has 6 nitrogen and oxygen atoms in total. The maximum absolute atomic E-state index is 12.1. The second-order valence-electron chi connectivity index (χ2n) is 4.15. The van der Waals surface area contributed by atoms with Crippen LogP contribution in [-0.2, 0) is 23.9 Å². The fourth-order valence-electron chi connectivity index (χ4n) is 2.19. The summed E-state index contributed by atoms with van der Waals surface area (Å²) in [6.07, 6.45) is 0. The van der Waals surface area contributed by atoms with E-state index in [-0.39, 0.29) is 12.1 Å². The summed E-state index contributed by atoms with van der Waals surface area (Å²) in [5.41, 5.74) is 0. The third-order valence-electron chi connectivity index (χ3n) is 3.05. The van der Waals surface area contributed by atoms with Crippen LogP contribution in [0.4, 0.5) is 0 Å². The summed E-state index contributed by atoms with van der Waals surface area (Å²) in [7, 11) is 2.43. The van der Waals surface area contributed by atoms with Gasteiger partial charge in [-0.1, -0.05) is 0 Å². The number of esters is 2. The molecule has 0 spiro atoms. The maximum atomic E-state index is 12.1.